The molecule has 0 aliphatic rings. The molecule has 0 fully saturated rings. The van der Waals surface area contributed by atoms with Crippen molar-refractivity contribution >= 4 is 11.9 Å². The number of hydrogen-bond acceptors (Lipinski definition) is 8. The van der Waals surface area contributed by atoms with Crippen molar-refractivity contribution in [2.45, 2.75) is 19.4 Å². The summed E-state index contributed by atoms with van der Waals surface area (Å²) in [6.45, 7) is -0.00361. The molecule has 0 radical (unpaired) electrons. The van der Waals surface area contributed by atoms with Crippen LogP contribution in [0, 0.1) is 22.7 Å². The minimum absolute atomic E-state index is 0.0999. The topological polar surface area (TPSA) is 138 Å². The number of ether oxygens (including phenoxy) is 2. The summed E-state index contributed by atoms with van der Waals surface area (Å²) >= 11 is 0. The van der Waals surface area contributed by atoms with E-state index >= 15 is 0 Å². The highest BCUT2D eigenvalue weighted by Crippen LogP contribution is 2.07. The van der Waals surface area contributed by atoms with E-state index < -0.39 is 24.0 Å². The lowest BCUT2D eigenvalue weighted by Crippen LogP contribution is -2.36. The number of carbonyl (C=O) groups is 2. The Bertz CT molecular complexity index is 1000. The molecule has 1 aromatic heterocycles. The van der Waals surface area contributed by atoms with Crippen molar-refractivity contribution in [3.8, 4) is 17.9 Å². The molecule has 2 rings (SSSR count). The molecule has 0 N–H and O–H groups in total. The fourth-order valence-corrected chi connectivity index (χ4v) is 2.51. The molecule has 0 bridgehead atoms. The van der Waals surface area contributed by atoms with Gasteiger partial charge in [-0.05, 0) is 18.2 Å². The first-order chi connectivity index (χ1) is 15.0. The van der Waals surface area contributed by atoms with Crippen LogP contribution in [0.4, 0.5) is 0 Å². The molecule has 0 saturated carbocycles. The largest absolute Gasteiger partial charge is 0.492 e. The minimum Gasteiger partial charge on any atom is -0.492 e. The van der Waals surface area contributed by atoms with Crippen molar-refractivity contribution in [3.63, 3.8) is 0 Å². The zero-order valence-electron chi connectivity index (χ0n) is 16.8. The minimum atomic E-state index is -0.869. The Balaban J connectivity index is 1.93. The fourth-order valence-electron chi connectivity index (χ4n) is 2.51. The number of nitrogens with zero attached hydrogens (tertiary/aromatic N) is 5. The van der Waals surface area contributed by atoms with Crippen molar-refractivity contribution in [1.29, 1.82) is 10.5 Å². The number of esters is 1. The molecule has 10 heteroatoms. The molecule has 0 aliphatic heterocycles. The zero-order chi connectivity index (χ0) is 22.5. The normalized spacial score (nSPS) is 9.87. The number of nitriles is 2. The Hall–Kier alpha value is -4.18. The van der Waals surface area contributed by atoms with E-state index in [1.54, 1.807) is 12.1 Å². The average molecular weight is 423 g/mol. The number of benzene rings is 1. The molecular weight excluding hydrogens is 402 g/mol. The van der Waals surface area contributed by atoms with Gasteiger partial charge in [-0.25, -0.2) is 9.48 Å². The standard InChI is InChI=1S/C21H21N5O5/c22-10-4-12-25(13-5-11-23)20(28)16-31-21(29)18-8-9-19(27)26(24-18)14-15-30-17-6-2-1-3-7-17/h1-3,6-9H,4-5,12-16H2. The van der Waals surface area contributed by atoms with E-state index in [1.807, 2.05) is 30.3 Å². The predicted molar refractivity (Wildman–Crippen MR) is 108 cm³/mol. The second kappa shape index (κ2) is 12.4. The predicted octanol–water partition coefficient (Wildman–Crippen LogP) is 1.14. The first-order valence-electron chi connectivity index (χ1n) is 9.50. The maximum absolute atomic E-state index is 12.3. The van der Waals surface area contributed by atoms with Gasteiger partial charge in [0.15, 0.2) is 12.3 Å². The molecule has 0 unspecified atom stereocenters. The number of rotatable bonds is 11. The summed E-state index contributed by atoms with van der Waals surface area (Å²) in [6, 6.07) is 15.3. The maximum atomic E-state index is 12.3. The van der Waals surface area contributed by atoms with Crippen LogP contribution in [0.5, 0.6) is 5.75 Å². The molecule has 0 spiro atoms. The van der Waals surface area contributed by atoms with Gasteiger partial charge in [-0.15, -0.1) is 0 Å². The van der Waals surface area contributed by atoms with Crippen LogP contribution in [0.2, 0.25) is 0 Å². The van der Waals surface area contributed by atoms with Gasteiger partial charge in [0.05, 0.1) is 31.5 Å². The van der Waals surface area contributed by atoms with Gasteiger partial charge in [0, 0.05) is 19.2 Å². The lowest BCUT2D eigenvalue weighted by Gasteiger charge is -2.20. The molecule has 2 aromatic rings. The SMILES string of the molecule is N#CCCN(CCC#N)C(=O)COC(=O)c1ccc(=O)n(CCOc2ccccc2)n1. The lowest BCUT2D eigenvalue weighted by molar-refractivity contribution is -0.134. The van der Waals surface area contributed by atoms with Gasteiger partial charge in [0.2, 0.25) is 0 Å². The Morgan fingerprint density at radius 2 is 1.71 bits per heavy atom. The third kappa shape index (κ3) is 7.63. The molecule has 10 nitrogen and oxygen atoms in total. The Labute approximate surface area is 178 Å². The summed E-state index contributed by atoms with van der Waals surface area (Å²) in [5.74, 6) is -0.753. The van der Waals surface area contributed by atoms with Gasteiger partial charge < -0.3 is 14.4 Å². The zero-order valence-corrected chi connectivity index (χ0v) is 16.8. The fraction of sp³-hybridized carbons (Fsp3) is 0.333. The van der Waals surface area contributed by atoms with Crippen molar-refractivity contribution in [2.75, 3.05) is 26.3 Å². The third-order valence-corrected chi connectivity index (χ3v) is 4.06. The van der Waals surface area contributed by atoms with Gasteiger partial charge >= 0.3 is 5.97 Å². The van der Waals surface area contributed by atoms with Crippen LogP contribution in [-0.2, 0) is 16.1 Å². The number of para-hydroxylation sites is 1. The summed E-state index contributed by atoms with van der Waals surface area (Å²) in [4.78, 5) is 37.7. The summed E-state index contributed by atoms with van der Waals surface area (Å²) < 4.78 is 11.6. The number of carbonyl (C=O) groups excluding carboxylic acids is 2. The van der Waals surface area contributed by atoms with Crippen LogP contribution < -0.4 is 10.3 Å². The molecule has 0 saturated heterocycles. The summed E-state index contributed by atoms with van der Waals surface area (Å²) in [5, 5.41) is 21.3. The molecular formula is C21H21N5O5. The van der Waals surface area contributed by atoms with Crippen molar-refractivity contribution < 1.29 is 19.1 Å². The van der Waals surface area contributed by atoms with Gasteiger partial charge in [0.25, 0.3) is 11.5 Å². The summed E-state index contributed by atoms with van der Waals surface area (Å²) in [6.07, 6.45) is 0.200. The first kappa shape index (κ1) is 23.1. The van der Waals surface area contributed by atoms with E-state index in [-0.39, 0.29) is 44.8 Å². The van der Waals surface area contributed by atoms with E-state index in [0.29, 0.717) is 5.75 Å². The average Bonchev–Trinajstić information content (AvgIpc) is 2.79. The van der Waals surface area contributed by atoms with Gasteiger partial charge in [0.1, 0.15) is 12.4 Å². The maximum Gasteiger partial charge on any atom is 0.359 e. The van der Waals surface area contributed by atoms with E-state index in [9.17, 15) is 14.4 Å². The first-order valence-corrected chi connectivity index (χ1v) is 9.50. The van der Waals surface area contributed by atoms with Gasteiger partial charge in [-0.3, -0.25) is 9.59 Å². The lowest BCUT2D eigenvalue weighted by atomic mass is 10.3. The second-order valence-electron chi connectivity index (χ2n) is 6.21. The van der Waals surface area contributed by atoms with E-state index in [1.165, 1.54) is 17.0 Å². The van der Waals surface area contributed by atoms with Crippen molar-refractivity contribution in [3.05, 3.63) is 58.5 Å². The van der Waals surface area contributed by atoms with Crippen LogP contribution in [0.3, 0.4) is 0 Å². The highest BCUT2D eigenvalue weighted by Gasteiger charge is 2.17. The van der Waals surface area contributed by atoms with Crippen LogP contribution in [0.15, 0.2) is 47.3 Å². The van der Waals surface area contributed by atoms with Gasteiger partial charge in [-0.1, -0.05) is 18.2 Å². The van der Waals surface area contributed by atoms with Crippen LogP contribution in [0.25, 0.3) is 0 Å². The molecule has 0 aliphatic carbocycles. The van der Waals surface area contributed by atoms with Crippen LogP contribution in [-0.4, -0.2) is 52.9 Å². The second-order valence-corrected chi connectivity index (χ2v) is 6.21. The van der Waals surface area contributed by atoms with E-state index in [4.69, 9.17) is 20.0 Å². The van der Waals surface area contributed by atoms with Crippen LogP contribution >= 0.6 is 0 Å². The quantitative estimate of drug-likeness (QED) is 0.490. The smallest absolute Gasteiger partial charge is 0.359 e. The third-order valence-electron chi connectivity index (χ3n) is 4.06. The van der Waals surface area contributed by atoms with E-state index in [2.05, 4.69) is 5.10 Å². The molecule has 1 amide bonds. The summed E-state index contributed by atoms with van der Waals surface area (Å²) in [5.41, 5.74) is -0.545. The van der Waals surface area contributed by atoms with Crippen molar-refractivity contribution in [1.82, 2.24) is 14.7 Å². The number of aromatic nitrogens is 2. The highest BCUT2D eigenvalue weighted by molar-refractivity contribution is 5.89. The summed E-state index contributed by atoms with van der Waals surface area (Å²) in [7, 11) is 0. The van der Waals surface area contributed by atoms with Crippen molar-refractivity contribution in [2.24, 2.45) is 0 Å². The van der Waals surface area contributed by atoms with Gasteiger partial charge in [-0.2, -0.15) is 15.6 Å². The Morgan fingerprint density at radius 3 is 2.35 bits per heavy atom. The molecule has 160 valence electrons. The Morgan fingerprint density at radius 1 is 1.03 bits per heavy atom. The highest BCUT2D eigenvalue weighted by atomic mass is 16.5. The monoisotopic (exact) mass is 423 g/mol. The van der Waals surface area contributed by atoms with E-state index in [0.717, 1.165) is 4.68 Å². The molecule has 31 heavy (non-hydrogen) atoms. The Kier molecular flexibility index (Phi) is 9.24. The number of amides is 1. The van der Waals surface area contributed by atoms with Crippen LogP contribution in [0.1, 0.15) is 23.3 Å². The molecule has 1 heterocycles. The molecule has 1 aromatic carbocycles. The molecule has 0 atom stereocenters. The number of hydrogen-bond donors (Lipinski definition) is 0.